The van der Waals surface area contributed by atoms with Crippen molar-refractivity contribution in [2.24, 2.45) is 5.92 Å². The Balaban J connectivity index is 1.98. The van der Waals surface area contributed by atoms with Crippen LogP contribution in [0.5, 0.6) is 0 Å². The van der Waals surface area contributed by atoms with Gasteiger partial charge in [-0.1, -0.05) is 6.07 Å². The molecular weight excluding hydrogens is 243 g/mol. The Bertz CT molecular complexity index is 637. The zero-order valence-electron chi connectivity index (χ0n) is 10.7. The van der Waals surface area contributed by atoms with E-state index in [0.29, 0.717) is 11.3 Å². The second-order valence-electron chi connectivity index (χ2n) is 5.12. The number of carbonyl (C=O) groups excluding carboxylic acids is 1. The first-order valence-electron chi connectivity index (χ1n) is 6.50. The quantitative estimate of drug-likeness (QED) is 0.919. The van der Waals surface area contributed by atoms with Crippen molar-refractivity contribution in [2.75, 3.05) is 0 Å². The largest absolute Gasteiger partial charge is 0.349 e. The van der Waals surface area contributed by atoms with Crippen LogP contribution >= 0.6 is 0 Å². The number of nitrogens with zero attached hydrogens (tertiary/aromatic N) is 1. The average molecular weight is 258 g/mol. The predicted molar refractivity (Wildman–Crippen MR) is 71.4 cm³/mol. The third-order valence-electron chi connectivity index (χ3n) is 3.69. The van der Waals surface area contributed by atoms with Gasteiger partial charge >= 0.3 is 0 Å². The molecule has 3 rings (SSSR count). The molecule has 1 aromatic heterocycles. The van der Waals surface area contributed by atoms with Crippen molar-refractivity contribution in [2.45, 2.75) is 25.8 Å². The van der Waals surface area contributed by atoms with Crippen LogP contribution in [0.1, 0.15) is 30.1 Å². The first kappa shape index (κ1) is 12.1. The lowest BCUT2D eigenvalue weighted by atomic mass is 10.0. The Hall–Kier alpha value is -1.97. The molecule has 1 aliphatic carbocycles. The van der Waals surface area contributed by atoms with Gasteiger partial charge in [0.1, 0.15) is 5.82 Å². The van der Waals surface area contributed by atoms with Crippen LogP contribution in [0.4, 0.5) is 4.39 Å². The third-order valence-corrected chi connectivity index (χ3v) is 3.69. The van der Waals surface area contributed by atoms with Crippen LogP contribution in [0.2, 0.25) is 0 Å². The Morgan fingerprint density at radius 3 is 2.95 bits per heavy atom. The van der Waals surface area contributed by atoms with Gasteiger partial charge in [-0.15, -0.1) is 0 Å². The fraction of sp³-hybridized carbons (Fsp3) is 0.333. The molecule has 19 heavy (non-hydrogen) atoms. The SMILES string of the molecule is C[C@@H](NC(=O)c1c(F)ccc2ccncc12)C1CC1. The zero-order valence-corrected chi connectivity index (χ0v) is 10.7. The van der Waals surface area contributed by atoms with Crippen LogP contribution in [0.25, 0.3) is 10.8 Å². The van der Waals surface area contributed by atoms with Gasteiger partial charge in [-0.3, -0.25) is 9.78 Å². The van der Waals surface area contributed by atoms with E-state index >= 15 is 0 Å². The molecule has 0 saturated heterocycles. The number of benzene rings is 1. The van der Waals surface area contributed by atoms with Crippen molar-refractivity contribution in [3.8, 4) is 0 Å². The van der Waals surface area contributed by atoms with Gasteiger partial charge in [0, 0.05) is 23.8 Å². The monoisotopic (exact) mass is 258 g/mol. The van der Waals surface area contributed by atoms with Crippen molar-refractivity contribution < 1.29 is 9.18 Å². The summed E-state index contributed by atoms with van der Waals surface area (Å²) in [6.45, 7) is 1.97. The lowest BCUT2D eigenvalue weighted by molar-refractivity contribution is 0.0933. The fourth-order valence-electron chi connectivity index (χ4n) is 2.36. The molecule has 0 radical (unpaired) electrons. The smallest absolute Gasteiger partial charge is 0.255 e. The standard InChI is InChI=1S/C15H15FN2O/c1-9(10-2-3-10)18-15(19)14-12-8-17-7-6-11(12)4-5-13(14)16/h4-10H,2-3H2,1H3,(H,18,19)/t9-/m1/s1. The average Bonchev–Trinajstić information content (AvgIpc) is 3.22. The zero-order chi connectivity index (χ0) is 13.4. The number of aromatic nitrogens is 1. The van der Waals surface area contributed by atoms with Gasteiger partial charge in [0.15, 0.2) is 0 Å². The van der Waals surface area contributed by atoms with E-state index in [1.165, 1.54) is 12.3 Å². The minimum absolute atomic E-state index is 0.0955. The summed E-state index contributed by atoms with van der Waals surface area (Å²) >= 11 is 0. The Labute approximate surface area is 110 Å². The summed E-state index contributed by atoms with van der Waals surface area (Å²) in [5, 5.41) is 4.26. The number of halogens is 1. The summed E-state index contributed by atoms with van der Waals surface area (Å²) in [5.74, 6) is -0.309. The summed E-state index contributed by atoms with van der Waals surface area (Å²) in [5.41, 5.74) is 0.0955. The predicted octanol–water partition coefficient (Wildman–Crippen LogP) is 2.90. The van der Waals surface area contributed by atoms with Crippen LogP contribution < -0.4 is 5.32 Å². The van der Waals surface area contributed by atoms with Crippen LogP contribution in [0, 0.1) is 11.7 Å². The minimum atomic E-state index is -0.499. The summed E-state index contributed by atoms with van der Waals surface area (Å²) in [6.07, 6.45) is 5.45. The molecule has 0 aliphatic heterocycles. The molecule has 1 saturated carbocycles. The first-order chi connectivity index (χ1) is 9.16. The summed E-state index contributed by atoms with van der Waals surface area (Å²) in [6, 6.07) is 4.86. The van der Waals surface area contributed by atoms with Crippen LogP contribution in [-0.4, -0.2) is 16.9 Å². The molecule has 0 unspecified atom stereocenters. The molecule has 98 valence electrons. The van der Waals surface area contributed by atoms with E-state index in [2.05, 4.69) is 10.3 Å². The van der Waals surface area contributed by atoms with Crippen LogP contribution in [-0.2, 0) is 0 Å². The number of hydrogen-bond donors (Lipinski definition) is 1. The highest BCUT2D eigenvalue weighted by Crippen LogP contribution is 2.32. The van der Waals surface area contributed by atoms with Crippen LogP contribution in [0.15, 0.2) is 30.6 Å². The third kappa shape index (κ3) is 2.30. The van der Waals surface area contributed by atoms with E-state index in [1.807, 2.05) is 6.92 Å². The van der Waals surface area contributed by atoms with Crippen molar-refractivity contribution in [3.05, 3.63) is 42.0 Å². The van der Waals surface area contributed by atoms with E-state index in [0.717, 1.165) is 18.2 Å². The molecule has 0 spiro atoms. The molecule has 2 aromatic rings. The van der Waals surface area contributed by atoms with Gasteiger partial charge in [0.25, 0.3) is 5.91 Å². The molecule has 1 aliphatic rings. The van der Waals surface area contributed by atoms with Gasteiger partial charge < -0.3 is 5.32 Å². The normalized spacial score (nSPS) is 16.3. The first-order valence-corrected chi connectivity index (χ1v) is 6.50. The van der Waals surface area contributed by atoms with Crippen molar-refractivity contribution >= 4 is 16.7 Å². The molecule has 3 nitrogen and oxygen atoms in total. The van der Waals surface area contributed by atoms with Crippen molar-refractivity contribution in [1.82, 2.24) is 10.3 Å². The molecule has 4 heteroatoms. The molecule has 1 aromatic carbocycles. The van der Waals surface area contributed by atoms with E-state index < -0.39 is 5.82 Å². The number of pyridine rings is 1. The number of nitrogens with one attached hydrogen (secondary N) is 1. The maximum atomic E-state index is 13.9. The van der Waals surface area contributed by atoms with E-state index in [1.54, 1.807) is 18.3 Å². The van der Waals surface area contributed by atoms with Gasteiger partial charge in [-0.2, -0.15) is 0 Å². The van der Waals surface area contributed by atoms with Gasteiger partial charge in [0.05, 0.1) is 5.56 Å². The molecule has 0 bridgehead atoms. The van der Waals surface area contributed by atoms with Crippen LogP contribution in [0.3, 0.4) is 0 Å². The lowest BCUT2D eigenvalue weighted by Gasteiger charge is -2.14. The second kappa shape index (κ2) is 4.61. The Morgan fingerprint density at radius 1 is 1.42 bits per heavy atom. The topological polar surface area (TPSA) is 42.0 Å². The molecular formula is C15H15FN2O. The fourth-order valence-corrected chi connectivity index (χ4v) is 2.36. The second-order valence-corrected chi connectivity index (χ2v) is 5.12. The van der Waals surface area contributed by atoms with Crippen molar-refractivity contribution in [3.63, 3.8) is 0 Å². The number of carbonyl (C=O) groups is 1. The lowest BCUT2D eigenvalue weighted by Crippen LogP contribution is -2.34. The maximum absolute atomic E-state index is 13.9. The molecule has 1 heterocycles. The summed E-state index contributed by atoms with van der Waals surface area (Å²) in [7, 11) is 0. The summed E-state index contributed by atoms with van der Waals surface area (Å²) < 4.78 is 13.9. The van der Waals surface area contributed by atoms with Gasteiger partial charge in [-0.25, -0.2) is 4.39 Å². The highest BCUT2D eigenvalue weighted by atomic mass is 19.1. The van der Waals surface area contributed by atoms with Gasteiger partial charge in [0.2, 0.25) is 0 Å². The molecule has 1 fully saturated rings. The number of fused-ring (bicyclic) bond motifs is 1. The van der Waals surface area contributed by atoms with E-state index in [4.69, 9.17) is 0 Å². The maximum Gasteiger partial charge on any atom is 0.255 e. The molecule has 1 N–H and O–H groups in total. The number of rotatable bonds is 3. The number of hydrogen-bond acceptors (Lipinski definition) is 2. The van der Waals surface area contributed by atoms with E-state index in [9.17, 15) is 9.18 Å². The molecule has 1 amide bonds. The Kier molecular flexibility index (Phi) is 2.93. The number of amides is 1. The minimum Gasteiger partial charge on any atom is -0.349 e. The summed E-state index contributed by atoms with van der Waals surface area (Å²) in [4.78, 5) is 16.2. The Morgan fingerprint density at radius 2 is 2.21 bits per heavy atom. The van der Waals surface area contributed by atoms with E-state index in [-0.39, 0.29) is 17.5 Å². The highest BCUT2D eigenvalue weighted by molar-refractivity contribution is 6.07. The van der Waals surface area contributed by atoms with Crippen molar-refractivity contribution in [1.29, 1.82) is 0 Å². The highest BCUT2D eigenvalue weighted by Gasteiger charge is 2.29. The molecule has 1 atom stereocenters. The van der Waals surface area contributed by atoms with Gasteiger partial charge in [-0.05, 0) is 43.2 Å².